The van der Waals surface area contributed by atoms with Crippen molar-refractivity contribution in [1.29, 1.82) is 0 Å². The van der Waals surface area contributed by atoms with Gasteiger partial charge in [0.25, 0.3) is 11.8 Å². The van der Waals surface area contributed by atoms with Crippen LogP contribution in [-0.2, 0) is 20.0 Å². The summed E-state index contributed by atoms with van der Waals surface area (Å²) in [6.45, 7) is 0. The van der Waals surface area contributed by atoms with E-state index in [1.54, 1.807) is 0 Å². The fraction of sp³-hybridized carbons (Fsp3) is 0.286. The number of nitrogens with zero attached hydrogens (tertiary/aromatic N) is 2. The van der Waals surface area contributed by atoms with Gasteiger partial charge in [-0.25, -0.2) is 4.79 Å². The smallest absolute Gasteiger partial charge is 0.325 e. The van der Waals surface area contributed by atoms with Gasteiger partial charge in [0.15, 0.2) is 0 Å². The Kier molecular flexibility index (Phi) is 3.24. The van der Waals surface area contributed by atoms with Crippen LogP contribution in [0.1, 0.15) is 28.8 Å². The molecule has 2 aliphatic heterocycles. The van der Waals surface area contributed by atoms with Crippen molar-refractivity contribution in [3.63, 3.8) is 0 Å². The number of hydrogen-bond donors (Lipinski definition) is 0. The van der Waals surface area contributed by atoms with Gasteiger partial charge in [0.1, 0.15) is 0 Å². The average molecular weight is 326 g/mol. The number of imide groups is 1. The summed E-state index contributed by atoms with van der Waals surface area (Å²) in [7, 11) is 0. The molecule has 1 aromatic carbocycles. The van der Waals surface area contributed by atoms with Crippen LogP contribution in [0.5, 0.6) is 0 Å². The van der Waals surface area contributed by atoms with E-state index in [9.17, 15) is 27.6 Å². The Hall–Kier alpha value is -2.71. The number of hydroxylamine groups is 2. The second-order valence-electron chi connectivity index (χ2n) is 5.06. The first-order chi connectivity index (χ1) is 10.7. The molecule has 0 saturated carbocycles. The van der Waals surface area contributed by atoms with Gasteiger partial charge in [0, 0.05) is 19.1 Å². The number of rotatable bonds is 3. The molecule has 3 rings (SSSR count). The molecule has 0 aliphatic carbocycles. The van der Waals surface area contributed by atoms with E-state index in [0.717, 1.165) is 30.5 Å². The molecule has 23 heavy (non-hydrogen) atoms. The van der Waals surface area contributed by atoms with Crippen LogP contribution in [-0.4, -0.2) is 35.2 Å². The van der Waals surface area contributed by atoms with E-state index in [1.807, 2.05) is 0 Å². The van der Waals surface area contributed by atoms with Crippen LogP contribution in [0.3, 0.4) is 0 Å². The highest BCUT2D eigenvalue weighted by Crippen LogP contribution is 2.47. The molecule has 120 valence electrons. The Morgan fingerprint density at radius 1 is 1.13 bits per heavy atom. The van der Waals surface area contributed by atoms with Crippen molar-refractivity contribution in [2.75, 3.05) is 0 Å². The van der Waals surface area contributed by atoms with E-state index in [2.05, 4.69) is 9.83 Å². The topological polar surface area (TPSA) is 76.0 Å². The Balaban J connectivity index is 1.74. The van der Waals surface area contributed by atoms with Crippen molar-refractivity contribution in [2.45, 2.75) is 24.6 Å². The number of carbonyl (C=O) groups excluding carboxylic acids is 3. The van der Waals surface area contributed by atoms with Gasteiger partial charge in [0.2, 0.25) is 5.54 Å². The van der Waals surface area contributed by atoms with Crippen LogP contribution in [0.25, 0.3) is 0 Å². The Labute approximate surface area is 127 Å². The van der Waals surface area contributed by atoms with Crippen LogP contribution in [0, 0.1) is 0 Å². The first kappa shape index (κ1) is 15.2. The lowest BCUT2D eigenvalue weighted by Gasteiger charge is -2.18. The molecule has 1 saturated heterocycles. The van der Waals surface area contributed by atoms with E-state index in [-0.39, 0.29) is 24.0 Å². The van der Waals surface area contributed by atoms with Gasteiger partial charge in [0.05, 0.1) is 5.56 Å². The zero-order chi connectivity index (χ0) is 16.8. The summed E-state index contributed by atoms with van der Waals surface area (Å²) in [6.07, 6.45) is -3.86. The highest BCUT2D eigenvalue weighted by molar-refractivity contribution is 6.02. The molecule has 0 radical (unpaired) electrons. The highest BCUT2D eigenvalue weighted by Gasteiger charge is 2.61. The Bertz CT molecular complexity index is 703. The summed E-state index contributed by atoms with van der Waals surface area (Å²) < 4.78 is 38.7. The van der Waals surface area contributed by atoms with Crippen molar-refractivity contribution in [1.82, 2.24) is 5.06 Å². The maximum Gasteiger partial charge on any atom is 0.422 e. The van der Waals surface area contributed by atoms with Crippen LogP contribution < -0.4 is 0 Å². The zero-order valence-corrected chi connectivity index (χ0v) is 11.5. The normalized spacial score (nSPS) is 23.3. The molecule has 2 amide bonds. The quantitative estimate of drug-likeness (QED) is 0.793. The van der Waals surface area contributed by atoms with Gasteiger partial charge in [-0.3, -0.25) is 14.6 Å². The third kappa shape index (κ3) is 2.47. The lowest BCUT2D eigenvalue weighted by Crippen LogP contribution is -2.32. The molecule has 2 aliphatic rings. The minimum Gasteiger partial charge on any atom is -0.325 e. The molecule has 1 aromatic rings. The maximum absolute atomic E-state index is 12.9. The lowest BCUT2D eigenvalue weighted by atomic mass is 9.96. The van der Waals surface area contributed by atoms with E-state index in [1.165, 1.54) is 0 Å². The SMILES string of the molecule is O=C(ON1C(=O)CCC1=O)c1ccc(C2(C(F)(F)F)C=N2)cc1. The second-order valence-corrected chi connectivity index (χ2v) is 5.06. The molecule has 2 heterocycles. The first-order valence-electron chi connectivity index (χ1n) is 6.56. The van der Waals surface area contributed by atoms with Gasteiger partial charge in [-0.1, -0.05) is 12.1 Å². The van der Waals surface area contributed by atoms with Gasteiger partial charge < -0.3 is 4.84 Å². The fourth-order valence-electron chi connectivity index (χ4n) is 2.18. The predicted octanol–water partition coefficient (Wildman–Crippen LogP) is 1.75. The number of hydrogen-bond acceptors (Lipinski definition) is 5. The minimum atomic E-state index is -4.55. The lowest BCUT2D eigenvalue weighted by molar-refractivity contribution is -0.172. The van der Waals surface area contributed by atoms with Crippen molar-refractivity contribution in [3.05, 3.63) is 35.4 Å². The van der Waals surface area contributed by atoms with Crippen LogP contribution in [0.4, 0.5) is 13.2 Å². The van der Waals surface area contributed by atoms with E-state index < -0.39 is 29.5 Å². The summed E-state index contributed by atoms with van der Waals surface area (Å²) in [5.41, 5.74) is -2.54. The third-order valence-corrected chi connectivity index (χ3v) is 3.56. The Morgan fingerprint density at radius 3 is 2.09 bits per heavy atom. The second kappa shape index (κ2) is 4.90. The molecule has 9 heteroatoms. The number of carbonyl (C=O) groups is 3. The van der Waals surface area contributed by atoms with Gasteiger partial charge >= 0.3 is 12.1 Å². The third-order valence-electron chi connectivity index (χ3n) is 3.56. The first-order valence-corrected chi connectivity index (χ1v) is 6.56. The van der Waals surface area contributed by atoms with Gasteiger partial charge in [-0.2, -0.15) is 13.2 Å². The average Bonchev–Trinajstić information content (AvgIpc) is 3.26. The zero-order valence-electron chi connectivity index (χ0n) is 11.5. The molecular formula is C14H9F3N2O4. The summed E-state index contributed by atoms with van der Waals surface area (Å²) in [4.78, 5) is 42.5. The molecule has 0 spiro atoms. The molecule has 0 aromatic heterocycles. The monoisotopic (exact) mass is 326 g/mol. The summed E-state index contributed by atoms with van der Waals surface area (Å²) in [5.74, 6) is -2.28. The molecule has 1 fully saturated rings. The molecule has 1 unspecified atom stereocenters. The van der Waals surface area contributed by atoms with Gasteiger partial charge in [-0.05, 0) is 17.7 Å². The van der Waals surface area contributed by atoms with E-state index in [0.29, 0.717) is 5.06 Å². The largest absolute Gasteiger partial charge is 0.422 e. The summed E-state index contributed by atoms with van der Waals surface area (Å²) in [6, 6.07) is 4.45. The summed E-state index contributed by atoms with van der Waals surface area (Å²) in [5, 5.41) is 0.372. The van der Waals surface area contributed by atoms with Gasteiger partial charge in [-0.15, -0.1) is 5.06 Å². The van der Waals surface area contributed by atoms with Crippen molar-refractivity contribution in [3.8, 4) is 0 Å². The molecule has 0 N–H and O–H groups in total. The number of amides is 2. The standard InChI is InChI=1S/C14H9F3N2O4/c15-14(16,17)13(7-18-13)9-3-1-8(2-4-9)12(22)23-19-10(20)5-6-11(19)21/h1-4,7H,5-6H2. The molecule has 1 atom stereocenters. The van der Waals surface area contributed by atoms with Crippen LogP contribution >= 0.6 is 0 Å². The van der Waals surface area contributed by atoms with Crippen LogP contribution in [0.2, 0.25) is 0 Å². The molecule has 0 bridgehead atoms. The predicted molar refractivity (Wildman–Crippen MR) is 69.2 cm³/mol. The maximum atomic E-state index is 12.9. The van der Waals surface area contributed by atoms with Crippen molar-refractivity contribution >= 4 is 24.0 Å². The van der Waals surface area contributed by atoms with Crippen LogP contribution in [0.15, 0.2) is 29.3 Å². The number of alkyl halides is 3. The van der Waals surface area contributed by atoms with Crippen molar-refractivity contribution in [2.24, 2.45) is 4.99 Å². The Morgan fingerprint density at radius 2 is 1.65 bits per heavy atom. The number of halogens is 3. The molecule has 6 nitrogen and oxygen atoms in total. The number of benzene rings is 1. The summed E-state index contributed by atoms with van der Waals surface area (Å²) >= 11 is 0. The van der Waals surface area contributed by atoms with E-state index in [4.69, 9.17) is 0 Å². The van der Waals surface area contributed by atoms with E-state index >= 15 is 0 Å². The fourth-order valence-corrected chi connectivity index (χ4v) is 2.18. The highest BCUT2D eigenvalue weighted by atomic mass is 19.4. The number of aliphatic imine (C=N–C) groups is 1. The van der Waals surface area contributed by atoms with Crippen molar-refractivity contribution < 1.29 is 32.4 Å². The minimum absolute atomic E-state index is 0.0451. The molecular weight excluding hydrogens is 317 g/mol.